The van der Waals surface area contributed by atoms with E-state index in [1.54, 1.807) is 6.07 Å². The summed E-state index contributed by atoms with van der Waals surface area (Å²) < 4.78 is 1.39. The fourth-order valence-electron chi connectivity index (χ4n) is 1.77. The molecule has 7 nitrogen and oxygen atoms in total. The molecule has 0 amide bonds. The van der Waals surface area contributed by atoms with Gasteiger partial charge in [-0.25, -0.2) is 4.68 Å². The van der Waals surface area contributed by atoms with Crippen LogP contribution in [0.1, 0.15) is 0 Å². The second kappa shape index (κ2) is 5.71. The van der Waals surface area contributed by atoms with Gasteiger partial charge in [0.1, 0.15) is 6.33 Å². The van der Waals surface area contributed by atoms with Crippen LogP contribution >= 0.6 is 11.8 Å². The summed E-state index contributed by atoms with van der Waals surface area (Å²) in [6.07, 6.45) is 1.40. The third-order valence-electron chi connectivity index (χ3n) is 2.68. The van der Waals surface area contributed by atoms with Crippen LogP contribution < -0.4 is 0 Å². The van der Waals surface area contributed by atoms with Crippen molar-refractivity contribution in [2.45, 2.75) is 9.79 Å². The SMILES string of the molecule is O=[N+]([O-])c1cc(Sc2ccccc2)cc(-n2cnnn2)c1. The van der Waals surface area contributed by atoms with Gasteiger partial charge in [0.2, 0.25) is 0 Å². The van der Waals surface area contributed by atoms with Gasteiger partial charge in [0.25, 0.3) is 5.69 Å². The molecule has 0 atom stereocenters. The third kappa shape index (κ3) is 3.06. The van der Waals surface area contributed by atoms with Crippen molar-refractivity contribution < 1.29 is 4.92 Å². The number of aromatic nitrogens is 4. The van der Waals surface area contributed by atoms with Crippen molar-refractivity contribution in [1.29, 1.82) is 0 Å². The number of hydrogen-bond donors (Lipinski definition) is 0. The third-order valence-corrected chi connectivity index (χ3v) is 3.66. The minimum absolute atomic E-state index is 0.00133. The number of non-ortho nitro benzene ring substituents is 1. The number of tetrazole rings is 1. The van der Waals surface area contributed by atoms with Gasteiger partial charge in [-0.15, -0.1) is 5.10 Å². The molecule has 0 saturated heterocycles. The Morgan fingerprint density at radius 2 is 1.90 bits per heavy atom. The van der Waals surface area contributed by atoms with Gasteiger partial charge in [0, 0.05) is 21.9 Å². The molecule has 0 saturated carbocycles. The van der Waals surface area contributed by atoms with Crippen molar-refractivity contribution in [3.8, 4) is 5.69 Å². The lowest BCUT2D eigenvalue weighted by atomic mass is 10.3. The monoisotopic (exact) mass is 299 g/mol. The summed E-state index contributed by atoms with van der Waals surface area (Å²) in [5.41, 5.74) is 0.550. The van der Waals surface area contributed by atoms with E-state index in [0.717, 1.165) is 9.79 Å². The largest absolute Gasteiger partial charge is 0.272 e. The minimum atomic E-state index is -0.428. The number of nitro groups is 1. The van der Waals surface area contributed by atoms with Crippen LogP contribution in [0.5, 0.6) is 0 Å². The van der Waals surface area contributed by atoms with Crippen molar-refractivity contribution in [3.63, 3.8) is 0 Å². The van der Waals surface area contributed by atoms with Crippen LogP contribution in [0.15, 0.2) is 64.6 Å². The molecule has 1 heterocycles. The molecule has 3 rings (SSSR count). The van der Waals surface area contributed by atoms with E-state index in [1.165, 1.54) is 34.9 Å². The molecule has 0 aliphatic rings. The topological polar surface area (TPSA) is 86.7 Å². The van der Waals surface area contributed by atoms with Gasteiger partial charge in [-0.3, -0.25) is 10.1 Å². The van der Waals surface area contributed by atoms with Gasteiger partial charge in [0.05, 0.1) is 10.6 Å². The Bertz CT molecular complexity index is 761. The molecule has 0 radical (unpaired) electrons. The smallest absolute Gasteiger partial charge is 0.258 e. The molecule has 0 aliphatic heterocycles. The standard InChI is InChI=1S/C13H9N5O2S/c19-18(20)11-6-10(17-9-14-15-16-17)7-13(8-11)21-12-4-2-1-3-5-12/h1-9H. The minimum Gasteiger partial charge on any atom is -0.258 e. The highest BCUT2D eigenvalue weighted by molar-refractivity contribution is 7.99. The first-order chi connectivity index (χ1) is 10.2. The highest BCUT2D eigenvalue weighted by Gasteiger charge is 2.12. The molecule has 0 unspecified atom stereocenters. The van der Waals surface area contributed by atoms with Crippen LogP contribution in [0.2, 0.25) is 0 Å². The van der Waals surface area contributed by atoms with Crippen molar-refractivity contribution in [3.05, 3.63) is 65.0 Å². The molecule has 0 N–H and O–H groups in total. The molecule has 2 aromatic carbocycles. The van der Waals surface area contributed by atoms with Crippen molar-refractivity contribution >= 4 is 17.4 Å². The van der Waals surface area contributed by atoms with Crippen LogP contribution in [-0.4, -0.2) is 25.1 Å². The maximum Gasteiger partial charge on any atom is 0.272 e. The molecular weight excluding hydrogens is 290 g/mol. The summed E-state index contributed by atoms with van der Waals surface area (Å²) in [4.78, 5) is 12.4. The van der Waals surface area contributed by atoms with Gasteiger partial charge >= 0.3 is 0 Å². The van der Waals surface area contributed by atoms with E-state index in [9.17, 15) is 10.1 Å². The molecule has 3 aromatic rings. The number of hydrogen-bond acceptors (Lipinski definition) is 6. The lowest BCUT2D eigenvalue weighted by Gasteiger charge is -2.05. The maximum absolute atomic E-state index is 11.1. The summed E-state index contributed by atoms with van der Waals surface area (Å²) in [5.74, 6) is 0. The van der Waals surface area contributed by atoms with E-state index in [0.29, 0.717) is 5.69 Å². The molecule has 104 valence electrons. The van der Waals surface area contributed by atoms with Gasteiger partial charge < -0.3 is 0 Å². The van der Waals surface area contributed by atoms with Crippen LogP contribution in [-0.2, 0) is 0 Å². The average Bonchev–Trinajstić information content (AvgIpc) is 3.02. The van der Waals surface area contributed by atoms with E-state index in [2.05, 4.69) is 15.5 Å². The van der Waals surface area contributed by atoms with E-state index < -0.39 is 4.92 Å². The molecule has 0 aliphatic carbocycles. The fourth-order valence-corrected chi connectivity index (χ4v) is 2.69. The zero-order chi connectivity index (χ0) is 14.7. The number of rotatable bonds is 4. The zero-order valence-electron chi connectivity index (χ0n) is 10.7. The molecule has 1 aromatic heterocycles. The summed E-state index contributed by atoms with van der Waals surface area (Å²) in [5, 5.41) is 21.9. The summed E-state index contributed by atoms with van der Waals surface area (Å²) in [6, 6.07) is 14.4. The zero-order valence-corrected chi connectivity index (χ0v) is 11.5. The Labute approximate surface area is 123 Å². The second-order valence-electron chi connectivity index (χ2n) is 4.11. The molecule has 21 heavy (non-hydrogen) atoms. The normalized spacial score (nSPS) is 10.5. The van der Waals surface area contributed by atoms with E-state index in [4.69, 9.17) is 0 Å². The Morgan fingerprint density at radius 3 is 2.57 bits per heavy atom. The lowest BCUT2D eigenvalue weighted by molar-refractivity contribution is -0.385. The quantitative estimate of drug-likeness (QED) is 0.544. The van der Waals surface area contributed by atoms with Gasteiger partial charge in [0.15, 0.2) is 0 Å². The Kier molecular flexibility index (Phi) is 3.61. The average molecular weight is 299 g/mol. The Balaban J connectivity index is 2.02. The Hall–Kier alpha value is -2.74. The summed E-state index contributed by atoms with van der Waals surface area (Å²) >= 11 is 1.44. The highest BCUT2D eigenvalue weighted by atomic mass is 32.2. The lowest BCUT2D eigenvalue weighted by Crippen LogP contribution is -1.97. The van der Waals surface area contributed by atoms with Crippen LogP contribution in [0, 0.1) is 10.1 Å². The molecular formula is C13H9N5O2S. The Morgan fingerprint density at radius 1 is 1.10 bits per heavy atom. The highest BCUT2D eigenvalue weighted by Crippen LogP contribution is 2.32. The first-order valence-electron chi connectivity index (χ1n) is 5.98. The number of nitro benzene ring substituents is 1. The summed E-state index contributed by atoms with van der Waals surface area (Å²) in [6.45, 7) is 0. The first-order valence-corrected chi connectivity index (χ1v) is 6.80. The van der Waals surface area contributed by atoms with Crippen LogP contribution in [0.4, 0.5) is 5.69 Å². The van der Waals surface area contributed by atoms with E-state index in [-0.39, 0.29) is 5.69 Å². The predicted molar refractivity (Wildman–Crippen MR) is 76.4 cm³/mol. The molecule has 0 bridgehead atoms. The molecule has 0 spiro atoms. The van der Waals surface area contributed by atoms with Crippen molar-refractivity contribution in [2.75, 3.05) is 0 Å². The second-order valence-corrected chi connectivity index (χ2v) is 5.26. The van der Waals surface area contributed by atoms with Gasteiger partial charge in [-0.2, -0.15) is 0 Å². The fraction of sp³-hybridized carbons (Fsp3) is 0. The summed E-state index contributed by atoms with van der Waals surface area (Å²) in [7, 11) is 0. The van der Waals surface area contributed by atoms with Crippen LogP contribution in [0.25, 0.3) is 5.69 Å². The van der Waals surface area contributed by atoms with Gasteiger partial charge in [-0.1, -0.05) is 30.0 Å². The van der Waals surface area contributed by atoms with Crippen molar-refractivity contribution in [1.82, 2.24) is 20.2 Å². The number of benzene rings is 2. The van der Waals surface area contributed by atoms with E-state index >= 15 is 0 Å². The van der Waals surface area contributed by atoms with Crippen LogP contribution in [0.3, 0.4) is 0 Å². The van der Waals surface area contributed by atoms with E-state index in [1.807, 2.05) is 30.3 Å². The predicted octanol–water partition coefficient (Wildman–Crippen LogP) is 2.72. The van der Waals surface area contributed by atoms with Gasteiger partial charge in [-0.05, 0) is 28.6 Å². The molecule has 0 fully saturated rings. The maximum atomic E-state index is 11.1. The van der Waals surface area contributed by atoms with Crippen molar-refractivity contribution in [2.24, 2.45) is 0 Å². The molecule has 8 heteroatoms. The number of nitrogens with zero attached hydrogens (tertiary/aromatic N) is 5. The first kappa shape index (κ1) is 13.3.